The second kappa shape index (κ2) is 6.77. The number of nitrogens with zero attached hydrogens (tertiary/aromatic N) is 2. The van der Waals surface area contributed by atoms with Crippen molar-refractivity contribution >= 4 is 33.2 Å². The SMILES string of the molecule is COc1ccccc1/C=C(\C#N)c1nc2sc3c(c2c(=O)[nH]1)CCCC3. The van der Waals surface area contributed by atoms with Crippen LogP contribution in [0.4, 0.5) is 0 Å². The summed E-state index contributed by atoms with van der Waals surface area (Å²) in [7, 11) is 1.58. The Bertz CT molecular complexity index is 1120. The van der Waals surface area contributed by atoms with Crippen molar-refractivity contribution in [2.24, 2.45) is 0 Å². The third kappa shape index (κ3) is 2.80. The zero-order valence-electron chi connectivity index (χ0n) is 14.3. The number of rotatable bonds is 3. The van der Waals surface area contributed by atoms with E-state index in [2.05, 4.69) is 16.0 Å². The molecule has 3 aromatic rings. The van der Waals surface area contributed by atoms with Gasteiger partial charge >= 0.3 is 0 Å². The van der Waals surface area contributed by atoms with Crippen molar-refractivity contribution in [3.8, 4) is 11.8 Å². The minimum Gasteiger partial charge on any atom is -0.496 e. The lowest BCUT2D eigenvalue weighted by Gasteiger charge is -2.09. The number of hydrogen-bond acceptors (Lipinski definition) is 5. The van der Waals surface area contributed by atoms with Crippen LogP contribution < -0.4 is 10.3 Å². The summed E-state index contributed by atoms with van der Waals surface area (Å²) in [5.41, 5.74) is 2.05. The third-order valence-corrected chi connectivity index (χ3v) is 5.83. The van der Waals surface area contributed by atoms with Crippen LogP contribution in [-0.2, 0) is 12.8 Å². The molecular formula is C20H17N3O2S. The van der Waals surface area contributed by atoms with E-state index in [9.17, 15) is 10.1 Å². The fourth-order valence-electron chi connectivity index (χ4n) is 3.39. The fraction of sp³-hybridized carbons (Fsp3) is 0.250. The molecule has 2 aromatic heterocycles. The van der Waals surface area contributed by atoms with Crippen LogP contribution in [0.2, 0.25) is 0 Å². The van der Waals surface area contributed by atoms with Crippen LogP contribution in [0.1, 0.15) is 34.7 Å². The first kappa shape index (κ1) is 16.6. The van der Waals surface area contributed by atoms with Crippen LogP contribution >= 0.6 is 11.3 Å². The Morgan fingerprint density at radius 3 is 2.96 bits per heavy atom. The number of methoxy groups -OCH3 is 1. The van der Waals surface area contributed by atoms with Crippen molar-refractivity contribution in [2.45, 2.75) is 25.7 Å². The standard InChI is InChI=1S/C20H17N3O2S/c1-25-15-8-4-2-6-12(15)10-13(11-21)18-22-19(24)17-14-7-3-5-9-16(14)26-20(17)23-18/h2,4,6,8,10H,3,5,7,9H2,1H3,(H,22,23,24)/b13-10+. The van der Waals surface area contributed by atoms with Gasteiger partial charge in [0.15, 0.2) is 5.82 Å². The maximum atomic E-state index is 12.7. The van der Waals surface area contributed by atoms with E-state index >= 15 is 0 Å². The number of aryl methyl sites for hydroxylation is 2. The number of nitriles is 1. The quantitative estimate of drug-likeness (QED) is 0.715. The maximum absolute atomic E-state index is 12.7. The molecule has 1 aliphatic rings. The molecule has 0 atom stereocenters. The summed E-state index contributed by atoms with van der Waals surface area (Å²) in [5, 5.41) is 10.3. The Labute approximate surface area is 154 Å². The molecule has 0 saturated carbocycles. The monoisotopic (exact) mass is 363 g/mol. The van der Waals surface area contributed by atoms with E-state index in [4.69, 9.17) is 4.74 Å². The molecule has 130 valence electrons. The van der Waals surface area contributed by atoms with Gasteiger partial charge in [0.05, 0.1) is 18.1 Å². The van der Waals surface area contributed by atoms with E-state index in [1.807, 2.05) is 24.3 Å². The minimum absolute atomic E-state index is 0.162. The number of ether oxygens (including phenoxy) is 1. The number of allylic oxidation sites excluding steroid dienone is 1. The van der Waals surface area contributed by atoms with Crippen LogP contribution in [0.25, 0.3) is 21.9 Å². The van der Waals surface area contributed by atoms with Gasteiger partial charge in [-0.2, -0.15) is 5.26 Å². The molecule has 0 radical (unpaired) electrons. The first-order chi connectivity index (χ1) is 12.7. The van der Waals surface area contributed by atoms with Crippen molar-refractivity contribution in [1.29, 1.82) is 5.26 Å². The molecule has 2 heterocycles. The molecule has 0 spiro atoms. The van der Waals surface area contributed by atoms with Crippen LogP contribution in [0.3, 0.4) is 0 Å². The number of H-pyrrole nitrogens is 1. The smallest absolute Gasteiger partial charge is 0.260 e. The lowest BCUT2D eigenvalue weighted by Crippen LogP contribution is -2.12. The second-order valence-corrected chi connectivity index (χ2v) is 7.30. The summed E-state index contributed by atoms with van der Waals surface area (Å²) < 4.78 is 5.33. The van der Waals surface area contributed by atoms with Gasteiger partial charge in [-0.1, -0.05) is 18.2 Å². The molecule has 0 bridgehead atoms. The lowest BCUT2D eigenvalue weighted by molar-refractivity contribution is 0.414. The van der Waals surface area contributed by atoms with Crippen molar-refractivity contribution in [3.63, 3.8) is 0 Å². The molecule has 4 rings (SSSR count). The number of nitrogens with one attached hydrogen (secondary N) is 1. The normalized spacial score (nSPS) is 14.1. The van der Waals surface area contributed by atoms with Gasteiger partial charge in [-0.3, -0.25) is 4.79 Å². The molecule has 0 fully saturated rings. The molecule has 1 aliphatic carbocycles. The van der Waals surface area contributed by atoms with Crippen molar-refractivity contribution in [1.82, 2.24) is 9.97 Å². The highest BCUT2D eigenvalue weighted by molar-refractivity contribution is 7.18. The molecular weight excluding hydrogens is 346 g/mol. The van der Waals surface area contributed by atoms with Gasteiger partial charge in [-0.25, -0.2) is 4.98 Å². The number of thiophene rings is 1. The summed E-state index contributed by atoms with van der Waals surface area (Å²) in [6.45, 7) is 0. The van der Waals surface area contributed by atoms with Gasteiger partial charge in [0.2, 0.25) is 0 Å². The van der Waals surface area contributed by atoms with Crippen molar-refractivity contribution < 1.29 is 4.74 Å². The van der Waals surface area contributed by atoms with Crippen LogP contribution in [0.15, 0.2) is 29.1 Å². The third-order valence-electron chi connectivity index (χ3n) is 4.64. The second-order valence-electron chi connectivity index (χ2n) is 6.22. The molecule has 0 saturated heterocycles. The van der Waals surface area contributed by atoms with Gasteiger partial charge < -0.3 is 9.72 Å². The molecule has 6 heteroatoms. The van der Waals surface area contributed by atoms with E-state index in [1.165, 1.54) is 4.88 Å². The summed E-state index contributed by atoms with van der Waals surface area (Å²) in [6.07, 6.45) is 5.89. The van der Waals surface area contributed by atoms with E-state index in [0.29, 0.717) is 22.5 Å². The Balaban J connectivity index is 1.86. The fourth-order valence-corrected chi connectivity index (χ4v) is 4.65. The van der Waals surface area contributed by atoms with Gasteiger partial charge in [-0.05, 0) is 43.4 Å². The lowest BCUT2D eigenvalue weighted by atomic mass is 9.97. The zero-order chi connectivity index (χ0) is 18.1. The Morgan fingerprint density at radius 2 is 2.15 bits per heavy atom. The van der Waals surface area contributed by atoms with Gasteiger partial charge in [0.1, 0.15) is 16.6 Å². The van der Waals surface area contributed by atoms with Gasteiger partial charge in [-0.15, -0.1) is 11.3 Å². The Morgan fingerprint density at radius 1 is 1.35 bits per heavy atom. The van der Waals surface area contributed by atoms with Crippen molar-refractivity contribution in [2.75, 3.05) is 7.11 Å². The predicted octanol–water partition coefficient (Wildman–Crippen LogP) is 3.94. The van der Waals surface area contributed by atoms with Crippen LogP contribution in [-0.4, -0.2) is 17.1 Å². The summed E-state index contributed by atoms with van der Waals surface area (Å²) in [4.78, 5) is 22.1. The number of aromatic nitrogens is 2. The van der Waals surface area contributed by atoms with E-state index in [1.54, 1.807) is 24.5 Å². The van der Waals surface area contributed by atoms with Crippen LogP contribution in [0.5, 0.6) is 5.75 Å². The summed E-state index contributed by atoms with van der Waals surface area (Å²) in [6, 6.07) is 9.57. The molecule has 1 aromatic carbocycles. The average Bonchev–Trinajstić information content (AvgIpc) is 3.05. The molecule has 5 nitrogen and oxygen atoms in total. The largest absolute Gasteiger partial charge is 0.496 e. The highest BCUT2D eigenvalue weighted by atomic mass is 32.1. The maximum Gasteiger partial charge on any atom is 0.260 e. The average molecular weight is 363 g/mol. The van der Waals surface area contributed by atoms with E-state index in [0.717, 1.165) is 41.6 Å². The van der Waals surface area contributed by atoms with Gasteiger partial charge in [0.25, 0.3) is 5.56 Å². The number of benzene rings is 1. The highest BCUT2D eigenvalue weighted by Gasteiger charge is 2.20. The topological polar surface area (TPSA) is 78.8 Å². The molecule has 0 unspecified atom stereocenters. The first-order valence-corrected chi connectivity index (χ1v) is 9.32. The summed E-state index contributed by atoms with van der Waals surface area (Å²) >= 11 is 1.58. The summed E-state index contributed by atoms with van der Waals surface area (Å²) in [5.74, 6) is 0.963. The van der Waals surface area contributed by atoms with Gasteiger partial charge in [0, 0.05) is 10.4 Å². The molecule has 0 aliphatic heterocycles. The van der Waals surface area contributed by atoms with E-state index in [-0.39, 0.29) is 5.56 Å². The Hall–Kier alpha value is -2.91. The predicted molar refractivity (Wildman–Crippen MR) is 103 cm³/mol. The molecule has 26 heavy (non-hydrogen) atoms. The number of hydrogen-bond donors (Lipinski definition) is 1. The number of fused-ring (bicyclic) bond motifs is 3. The van der Waals surface area contributed by atoms with E-state index < -0.39 is 0 Å². The van der Waals surface area contributed by atoms with Crippen LogP contribution in [0, 0.1) is 11.3 Å². The minimum atomic E-state index is -0.162. The Kier molecular flexibility index (Phi) is 4.31. The first-order valence-electron chi connectivity index (χ1n) is 8.51. The molecule has 1 N–H and O–H groups in total. The van der Waals surface area contributed by atoms with Crippen molar-refractivity contribution in [3.05, 3.63) is 56.4 Å². The highest BCUT2D eigenvalue weighted by Crippen LogP contribution is 2.34. The number of aromatic amines is 1. The number of para-hydroxylation sites is 1. The zero-order valence-corrected chi connectivity index (χ0v) is 15.2. The molecule has 0 amide bonds.